The summed E-state index contributed by atoms with van der Waals surface area (Å²) >= 11 is 12.7. The largest absolute Gasteiger partial charge is 0.496 e. The molecule has 0 N–H and O–H groups in total. The summed E-state index contributed by atoms with van der Waals surface area (Å²) in [5.41, 5.74) is 3.23. The van der Waals surface area contributed by atoms with Crippen molar-refractivity contribution in [1.82, 2.24) is 0 Å². The average molecular weight is 323 g/mol. The van der Waals surface area contributed by atoms with Gasteiger partial charge in [-0.25, -0.2) is 0 Å². The molecule has 0 aliphatic rings. The van der Waals surface area contributed by atoms with Gasteiger partial charge in [-0.15, -0.1) is 23.2 Å². The van der Waals surface area contributed by atoms with E-state index >= 15 is 0 Å². The normalized spacial score (nSPS) is 11.4. The Hall–Kier alpha value is -1.18. The molecule has 0 aliphatic carbocycles. The quantitative estimate of drug-likeness (QED) is 0.683. The van der Waals surface area contributed by atoms with Crippen LogP contribution in [0.15, 0.2) is 48.5 Å². The third-order valence-corrected chi connectivity index (χ3v) is 4.89. The molecule has 0 fully saturated rings. The molecule has 2 aromatic rings. The Kier molecular flexibility index (Phi) is 5.55. The first-order valence-corrected chi connectivity index (χ1v) is 8.03. The number of halogens is 2. The van der Waals surface area contributed by atoms with E-state index in [1.807, 2.05) is 18.2 Å². The molecule has 0 radical (unpaired) electrons. The minimum atomic E-state index is -0.288. The van der Waals surface area contributed by atoms with Crippen LogP contribution in [0.1, 0.15) is 16.7 Å². The van der Waals surface area contributed by atoms with Gasteiger partial charge in [-0.3, -0.25) is 0 Å². The highest BCUT2D eigenvalue weighted by molar-refractivity contribution is 6.22. The first-order valence-electron chi connectivity index (χ1n) is 6.96. The van der Waals surface area contributed by atoms with Gasteiger partial charge in [-0.1, -0.05) is 48.0 Å². The van der Waals surface area contributed by atoms with E-state index in [9.17, 15) is 0 Å². The first kappa shape index (κ1) is 16.2. The summed E-state index contributed by atoms with van der Waals surface area (Å²) in [5.74, 6) is 1.82. The lowest BCUT2D eigenvalue weighted by atomic mass is 9.78. The van der Waals surface area contributed by atoms with Gasteiger partial charge in [-0.05, 0) is 30.5 Å². The Balaban J connectivity index is 2.43. The Morgan fingerprint density at radius 2 is 1.71 bits per heavy atom. The first-order chi connectivity index (χ1) is 10.1. The number of methoxy groups -OCH3 is 1. The average Bonchev–Trinajstić information content (AvgIpc) is 2.53. The molecule has 0 saturated carbocycles. The lowest BCUT2D eigenvalue weighted by Crippen LogP contribution is -2.33. The molecular formula is C18H20Cl2O. The number of hydrogen-bond donors (Lipinski definition) is 0. The van der Waals surface area contributed by atoms with Crippen molar-refractivity contribution in [1.29, 1.82) is 0 Å². The number of aryl methyl sites for hydroxylation is 1. The van der Waals surface area contributed by atoms with Crippen LogP contribution < -0.4 is 4.74 Å². The predicted octanol–water partition coefficient (Wildman–Crippen LogP) is 4.96. The fraction of sp³-hybridized carbons (Fsp3) is 0.333. The van der Waals surface area contributed by atoms with Crippen molar-refractivity contribution in [3.8, 4) is 5.75 Å². The van der Waals surface area contributed by atoms with Crippen LogP contribution in [0.5, 0.6) is 5.75 Å². The number of hydrogen-bond acceptors (Lipinski definition) is 1. The van der Waals surface area contributed by atoms with Crippen molar-refractivity contribution in [3.63, 3.8) is 0 Å². The van der Waals surface area contributed by atoms with Gasteiger partial charge in [0.15, 0.2) is 0 Å². The summed E-state index contributed by atoms with van der Waals surface area (Å²) in [6.45, 7) is 2.08. The third kappa shape index (κ3) is 3.53. The maximum absolute atomic E-state index is 6.33. The lowest BCUT2D eigenvalue weighted by molar-refractivity contribution is 0.403. The fourth-order valence-electron chi connectivity index (χ4n) is 2.58. The van der Waals surface area contributed by atoms with E-state index in [0.717, 1.165) is 17.7 Å². The number of ether oxygens (including phenoxy) is 1. The van der Waals surface area contributed by atoms with Crippen LogP contribution in [0.4, 0.5) is 0 Å². The van der Waals surface area contributed by atoms with Crippen LogP contribution in [-0.2, 0) is 11.8 Å². The zero-order valence-electron chi connectivity index (χ0n) is 12.4. The third-order valence-electron chi connectivity index (χ3n) is 3.86. The summed E-state index contributed by atoms with van der Waals surface area (Å²) < 4.78 is 5.45. The smallest absolute Gasteiger partial charge is 0.122 e. The van der Waals surface area contributed by atoms with Crippen LogP contribution in [0, 0.1) is 6.92 Å². The molecule has 3 heteroatoms. The zero-order valence-corrected chi connectivity index (χ0v) is 13.9. The molecule has 0 atom stereocenters. The van der Waals surface area contributed by atoms with Gasteiger partial charge in [0.1, 0.15) is 5.75 Å². The molecule has 0 bridgehead atoms. The second kappa shape index (κ2) is 7.20. The molecule has 0 saturated heterocycles. The van der Waals surface area contributed by atoms with E-state index in [-0.39, 0.29) is 5.41 Å². The summed E-state index contributed by atoms with van der Waals surface area (Å²) in [6.07, 6.45) is 0.757. The fourth-order valence-corrected chi connectivity index (χ4v) is 3.36. The zero-order chi connectivity index (χ0) is 15.3. The van der Waals surface area contributed by atoms with E-state index in [4.69, 9.17) is 27.9 Å². The number of rotatable bonds is 6. The topological polar surface area (TPSA) is 9.23 Å². The van der Waals surface area contributed by atoms with Crippen molar-refractivity contribution >= 4 is 23.2 Å². The van der Waals surface area contributed by atoms with Gasteiger partial charge in [-0.2, -0.15) is 0 Å². The van der Waals surface area contributed by atoms with Crippen molar-refractivity contribution < 1.29 is 4.74 Å². The monoisotopic (exact) mass is 322 g/mol. The van der Waals surface area contributed by atoms with E-state index in [1.54, 1.807) is 7.11 Å². The van der Waals surface area contributed by atoms with Crippen molar-refractivity contribution in [3.05, 3.63) is 65.2 Å². The van der Waals surface area contributed by atoms with Crippen molar-refractivity contribution in [2.75, 3.05) is 18.9 Å². The molecule has 0 amide bonds. The van der Waals surface area contributed by atoms with Crippen LogP contribution in [-0.4, -0.2) is 18.9 Å². The Labute approximate surface area is 136 Å². The Morgan fingerprint density at radius 1 is 1.00 bits per heavy atom. The molecule has 2 aromatic carbocycles. The molecule has 1 nitrogen and oxygen atoms in total. The molecule has 2 rings (SSSR count). The van der Waals surface area contributed by atoms with Gasteiger partial charge in [0, 0.05) is 17.2 Å². The van der Waals surface area contributed by atoms with Crippen molar-refractivity contribution in [2.24, 2.45) is 0 Å². The van der Waals surface area contributed by atoms with E-state index in [2.05, 4.69) is 37.3 Å². The highest BCUT2D eigenvalue weighted by Crippen LogP contribution is 2.34. The molecule has 0 aromatic heterocycles. The highest BCUT2D eigenvalue weighted by Gasteiger charge is 2.32. The summed E-state index contributed by atoms with van der Waals surface area (Å²) in [6, 6.07) is 16.4. The van der Waals surface area contributed by atoms with Gasteiger partial charge in [0.05, 0.1) is 7.11 Å². The molecule has 0 spiro atoms. The number of para-hydroxylation sites is 1. The van der Waals surface area contributed by atoms with Gasteiger partial charge < -0.3 is 4.74 Å². The molecule has 0 unspecified atom stereocenters. The van der Waals surface area contributed by atoms with Crippen LogP contribution in [0.3, 0.4) is 0 Å². The van der Waals surface area contributed by atoms with Crippen LogP contribution >= 0.6 is 23.2 Å². The van der Waals surface area contributed by atoms with Gasteiger partial charge in [0.25, 0.3) is 0 Å². The second-order valence-corrected chi connectivity index (χ2v) is 5.94. The molecular weight excluding hydrogens is 303 g/mol. The molecule has 112 valence electrons. The predicted molar refractivity (Wildman–Crippen MR) is 91.0 cm³/mol. The standard InChI is InChI=1S/C18H20Cl2O/c1-14-6-5-8-16(10-14)18(12-19,13-20)11-15-7-3-4-9-17(15)21-2/h3-10H,11-13H2,1-2H3. The van der Waals surface area contributed by atoms with Crippen LogP contribution in [0.25, 0.3) is 0 Å². The van der Waals surface area contributed by atoms with E-state index < -0.39 is 0 Å². The second-order valence-electron chi connectivity index (χ2n) is 5.41. The highest BCUT2D eigenvalue weighted by atomic mass is 35.5. The minimum Gasteiger partial charge on any atom is -0.496 e. The molecule has 21 heavy (non-hydrogen) atoms. The summed E-state index contributed by atoms with van der Waals surface area (Å²) in [7, 11) is 1.69. The Bertz CT molecular complexity index is 591. The Morgan fingerprint density at radius 3 is 2.33 bits per heavy atom. The maximum atomic E-state index is 6.33. The summed E-state index contributed by atoms with van der Waals surface area (Å²) in [4.78, 5) is 0. The van der Waals surface area contributed by atoms with E-state index in [1.165, 1.54) is 11.1 Å². The van der Waals surface area contributed by atoms with Gasteiger partial charge in [0.2, 0.25) is 0 Å². The van der Waals surface area contributed by atoms with E-state index in [0.29, 0.717) is 11.8 Å². The SMILES string of the molecule is COc1ccccc1CC(CCl)(CCl)c1cccc(C)c1. The lowest BCUT2D eigenvalue weighted by Gasteiger charge is -2.31. The van der Waals surface area contributed by atoms with Crippen molar-refractivity contribution in [2.45, 2.75) is 18.8 Å². The number of benzene rings is 2. The van der Waals surface area contributed by atoms with Crippen LogP contribution in [0.2, 0.25) is 0 Å². The molecule has 0 aliphatic heterocycles. The minimum absolute atomic E-state index is 0.288. The number of alkyl halides is 2. The van der Waals surface area contributed by atoms with Gasteiger partial charge >= 0.3 is 0 Å². The maximum Gasteiger partial charge on any atom is 0.122 e. The molecule has 0 heterocycles. The summed E-state index contributed by atoms with van der Waals surface area (Å²) in [5, 5.41) is 0.